The molecule has 134 valence electrons. The standard InChI is InChI=1S/C20H12BrIN2O3/c21-16-6-3-12(22)10-15(16)20-24-17-11-13(4-7-18(17)27-20)23-19(25)8-5-14-2-1-9-26-14/h1-11H,(H,23,25). The Bertz CT molecular complexity index is 1150. The highest BCUT2D eigenvalue weighted by atomic mass is 127. The van der Waals surface area contributed by atoms with E-state index in [0.717, 1.165) is 13.6 Å². The third kappa shape index (κ3) is 4.14. The second-order valence-corrected chi connectivity index (χ2v) is 7.76. The Morgan fingerprint density at radius 1 is 1.19 bits per heavy atom. The van der Waals surface area contributed by atoms with Crippen LogP contribution >= 0.6 is 38.5 Å². The van der Waals surface area contributed by atoms with Crippen LogP contribution in [0.1, 0.15) is 5.76 Å². The molecule has 7 heteroatoms. The number of halogens is 2. The van der Waals surface area contributed by atoms with E-state index in [9.17, 15) is 4.79 Å². The van der Waals surface area contributed by atoms with Crippen LogP contribution in [0.5, 0.6) is 0 Å². The molecule has 0 aliphatic rings. The number of benzene rings is 2. The van der Waals surface area contributed by atoms with Crippen molar-refractivity contribution >= 4 is 67.3 Å². The minimum absolute atomic E-state index is 0.255. The zero-order chi connectivity index (χ0) is 18.8. The van der Waals surface area contributed by atoms with E-state index in [0.29, 0.717) is 28.4 Å². The number of oxazole rings is 1. The number of amides is 1. The highest BCUT2D eigenvalue weighted by Gasteiger charge is 2.12. The van der Waals surface area contributed by atoms with Crippen LogP contribution in [-0.2, 0) is 4.79 Å². The number of hydrogen-bond acceptors (Lipinski definition) is 4. The Morgan fingerprint density at radius 3 is 2.89 bits per heavy atom. The first-order valence-electron chi connectivity index (χ1n) is 7.97. The van der Waals surface area contributed by atoms with Crippen molar-refractivity contribution in [2.45, 2.75) is 0 Å². The van der Waals surface area contributed by atoms with Crippen LogP contribution < -0.4 is 5.32 Å². The smallest absolute Gasteiger partial charge is 0.248 e. The molecule has 0 aliphatic heterocycles. The second kappa shape index (κ2) is 7.69. The SMILES string of the molecule is O=C(C=Cc1ccco1)Nc1ccc2oc(-c3cc(I)ccc3Br)nc2c1. The first-order chi connectivity index (χ1) is 13.1. The summed E-state index contributed by atoms with van der Waals surface area (Å²) in [5, 5.41) is 2.81. The zero-order valence-electron chi connectivity index (χ0n) is 13.8. The lowest BCUT2D eigenvalue weighted by Crippen LogP contribution is -2.07. The fraction of sp³-hybridized carbons (Fsp3) is 0. The topological polar surface area (TPSA) is 68.3 Å². The Labute approximate surface area is 176 Å². The second-order valence-electron chi connectivity index (χ2n) is 5.66. The van der Waals surface area contributed by atoms with Crippen molar-refractivity contribution in [2.24, 2.45) is 0 Å². The van der Waals surface area contributed by atoms with Gasteiger partial charge in [-0.3, -0.25) is 4.79 Å². The van der Waals surface area contributed by atoms with Crippen molar-refractivity contribution in [1.29, 1.82) is 0 Å². The maximum Gasteiger partial charge on any atom is 0.248 e. The van der Waals surface area contributed by atoms with E-state index in [4.69, 9.17) is 8.83 Å². The van der Waals surface area contributed by atoms with Crippen molar-refractivity contribution in [1.82, 2.24) is 4.98 Å². The van der Waals surface area contributed by atoms with Gasteiger partial charge in [-0.15, -0.1) is 0 Å². The molecule has 4 rings (SSSR count). The van der Waals surface area contributed by atoms with E-state index in [-0.39, 0.29) is 5.91 Å². The molecule has 0 bridgehead atoms. The molecular weight excluding hydrogens is 523 g/mol. The molecule has 0 saturated heterocycles. The summed E-state index contributed by atoms with van der Waals surface area (Å²) in [6.45, 7) is 0. The van der Waals surface area contributed by atoms with Gasteiger partial charge in [-0.25, -0.2) is 4.98 Å². The van der Waals surface area contributed by atoms with Gasteiger partial charge in [0.25, 0.3) is 0 Å². The van der Waals surface area contributed by atoms with Gasteiger partial charge in [-0.1, -0.05) is 0 Å². The average molecular weight is 535 g/mol. The minimum Gasteiger partial charge on any atom is -0.465 e. The van der Waals surface area contributed by atoms with Crippen molar-refractivity contribution < 1.29 is 13.6 Å². The summed E-state index contributed by atoms with van der Waals surface area (Å²) in [5.74, 6) is 0.885. The van der Waals surface area contributed by atoms with Gasteiger partial charge in [-0.05, 0) is 93.1 Å². The molecule has 5 nitrogen and oxygen atoms in total. The lowest BCUT2D eigenvalue weighted by molar-refractivity contribution is -0.111. The van der Waals surface area contributed by atoms with Crippen LogP contribution in [0.2, 0.25) is 0 Å². The number of rotatable bonds is 4. The Balaban J connectivity index is 1.57. The number of hydrogen-bond donors (Lipinski definition) is 1. The first-order valence-corrected chi connectivity index (χ1v) is 9.84. The predicted molar refractivity (Wildman–Crippen MR) is 116 cm³/mol. The Kier molecular flexibility index (Phi) is 5.13. The number of nitrogens with zero attached hydrogens (tertiary/aromatic N) is 1. The number of fused-ring (bicyclic) bond motifs is 1. The molecule has 4 aromatic rings. The molecule has 2 heterocycles. The molecule has 0 spiro atoms. The van der Waals surface area contributed by atoms with Crippen LogP contribution in [0.4, 0.5) is 5.69 Å². The van der Waals surface area contributed by atoms with Gasteiger partial charge in [0, 0.05) is 19.8 Å². The molecule has 0 atom stereocenters. The molecule has 0 fully saturated rings. The van der Waals surface area contributed by atoms with E-state index in [1.807, 2.05) is 18.2 Å². The fourth-order valence-electron chi connectivity index (χ4n) is 2.51. The van der Waals surface area contributed by atoms with Gasteiger partial charge < -0.3 is 14.2 Å². The number of anilines is 1. The summed E-state index contributed by atoms with van der Waals surface area (Å²) >= 11 is 5.78. The molecule has 0 radical (unpaired) electrons. The normalized spacial score (nSPS) is 11.3. The van der Waals surface area contributed by atoms with Gasteiger partial charge in [0.15, 0.2) is 5.58 Å². The summed E-state index contributed by atoms with van der Waals surface area (Å²) in [7, 11) is 0. The van der Waals surface area contributed by atoms with Crippen molar-refractivity contribution in [3.63, 3.8) is 0 Å². The molecule has 1 amide bonds. The molecular formula is C20H12BrIN2O3. The number of nitrogens with one attached hydrogen (secondary N) is 1. The van der Waals surface area contributed by atoms with Gasteiger partial charge in [-0.2, -0.15) is 0 Å². The minimum atomic E-state index is -0.255. The molecule has 2 aromatic heterocycles. The third-order valence-electron chi connectivity index (χ3n) is 3.76. The van der Waals surface area contributed by atoms with Gasteiger partial charge in [0.2, 0.25) is 11.8 Å². The number of carbonyl (C=O) groups is 1. The van der Waals surface area contributed by atoms with Crippen LogP contribution in [0, 0.1) is 3.57 Å². The summed E-state index contributed by atoms with van der Waals surface area (Å²) in [4.78, 5) is 16.6. The van der Waals surface area contributed by atoms with Crippen LogP contribution in [-0.4, -0.2) is 10.9 Å². The maximum absolute atomic E-state index is 12.1. The summed E-state index contributed by atoms with van der Waals surface area (Å²) < 4.78 is 13.0. The lowest BCUT2D eigenvalue weighted by atomic mass is 10.2. The average Bonchev–Trinajstić information content (AvgIpc) is 3.31. The Morgan fingerprint density at radius 2 is 2.07 bits per heavy atom. The fourth-order valence-corrected chi connectivity index (χ4v) is 3.42. The monoisotopic (exact) mass is 534 g/mol. The zero-order valence-corrected chi connectivity index (χ0v) is 17.5. The lowest BCUT2D eigenvalue weighted by Gasteiger charge is -2.00. The first kappa shape index (κ1) is 18.0. The number of furan rings is 1. The summed E-state index contributed by atoms with van der Waals surface area (Å²) in [6, 6.07) is 14.8. The molecule has 0 unspecified atom stereocenters. The quantitative estimate of drug-likeness (QED) is 0.253. The van der Waals surface area contributed by atoms with E-state index in [1.54, 1.807) is 42.7 Å². The van der Waals surface area contributed by atoms with Crippen molar-refractivity contribution in [2.75, 3.05) is 5.32 Å². The van der Waals surface area contributed by atoms with Crippen molar-refractivity contribution in [3.05, 3.63) is 74.7 Å². The van der Waals surface area contributed by atoms with E-state index in [1.165, 1.54) is 6.08 Å². The van der Waals surface area contributed by atoms with Gasteiger partial charge >= 0.3 is 0 Å². The van der Waals surface area contributed by atoms with Crippen LogP contribution in [0.3, 0.4) is 0 Å². The third-order valence-corrected chi connectivity index (χ3v) is 5.12. The van der Waals surface area contributed by atoms with E-state index >= 15 is 0 Å². The molecule has 27 heavy (non-hydrogen) atoms. The van der Waals surface area contributed by atoms with E-state index < -0.39 is 0 Å². The Hall–Kier alpha value is -2.39. The number of aromatic nitrogens is 1. The van der Waals surface area contributed by atoms with Crippen LogP contribution in [0.15, 0.2) is 74.2 Å². The predicted octanol–water partition coefficient (Wildman–Crippen LogP) is 6.11. The molecule has 1 N–H and O–H groups in total. The van der Waals surface area contributed by atoms with Crippen LogP contribution in [0.25, 0.3) is 28.6 Å². The highest BCUT2D eigenvalue weighted by Crippen LogP contribution is 2.32. The summed E-state index contributed by atoms with van der Waals surface area (Å²) in [6.07, 6.45) is 4.58. The molecule has 0 saturated carbocycles. The summed E-state index contributed by atoms with van der Waals surface area (Å²) in [5.41, 5.74) is 2.84. The highest BCUT2D eigenvalue weighted by molar-refractivity contribution is 14.1. The molecule has 2 aromatic carbocycles. The van der Waals surface area contributed by atoms with Crippen molar-refractivity contribution in [3.8, 4) is 11.5 Å². The number of carbonyl (C=O) groups excluding carboxylic acids is 1. The largest absolute Gasteiger partial charge is 0.465 e. The van der Waals surface area contributed by atoms with E-state index in [2.05, 4.69) is 48.8 Å². The maximum atomic E-state index is 12.1. The van der Waals surface area contributed by atoms with Gasteiger partial charge in [0.1, 0.15) is 11.3 Å². The molecule has 0 aliphatic carbocycles. The van der Waals surface area contributed by atoms with Gasteiger partial charge in [0.05, 0.1) is 11.8 Å².